The molecule has 3 aromatic rings. The van der Waals surface area contributed by atoms with Crippen molar-refractivity contribution in [2.45, 2.75) is 43.9 Å². The van der Waals surface area contributed by atoms with E-state index in [9.17, 15) is 4.79 Å². The third-order valence-electron chi connectivity index (χ3n) is 8.55. The molecule has 9 nitrogen and oxygen atoms in total. The fraction of sp³-hybridized carbons (Fsp3) is 0.438. The number of aromatic nitrogens is 2. The van der Waals surface area contributed by atoms with E-state index in [1.807, 2.05) is 42.5 Å². The summed E-state index contributed by atoms with van der Waals surface area (Å²) >= 11 is 0. The number of hydrogen-bond acceptors (Lipinski definition) is 7. The highest BCUT2D eigenvalue weighted by Gasteiger charge is 2.54. The molecular weight excluding hydrogens is 518 g/mol. The minimum atomic E-state index is -1.07. The Labute approximate surface area is 242 Å². The van der Waals surface area contributed by atoms with Gasteiger partial charge in [0.05, 0.1) is 18.1 Å². The minimum Gasteiger partial charge on any atom is -0.496 e. The number of nitrogens with zero attached hydrogens (tertiary/aromatic N) is 3. The molecule has 1 saturated heterocycles. The molecule has 41 heavy (non-hydrogen) atoms. The van der Waals surface area contributed by atoms with Crippen LogP contribution in [-0.2, 0) is 19.0 Å². The van der Waals surface area contributed by atoms with Crippen LogP contribution in [0.3, 0.4) is 0 Å². The zero-order valence-electron chi connectivity index (χ0n) is 24.4. The van der Waals surface area contributed by atoms with Crippen molar-refractivity contribution in [2.75, 3.05) is 52.4 Å². The first kappa shape index (κ1) is 28.9. The Morgan fingerprint density at radius 3 is 2.49 bits per heavy atom. The van der Waals surface area contributed by atoms with Crippen LogP contribution >= 0.6 is 0 Å². The van der Waals surface area contributed by atoms with Gasteiger partial charge in [-0.1, -0.05) is 49.4 Å². The highest BCUT2D eigenvalue weighted by molar-refractivity contribution is 5.96. The van der Waals surface area contributed by atoms with Gasteiger partial charge in [0.15, 0.2) is 0 Å². The topological polar surface area (TPSA) is 106 Å². The molecule has 1 aliphatic heterocycles. The Balaban J connectivity index is 1.50. The predicted molar refractivity (Wildman–Crippen MR) is 160 cm³/mol. The number of fused-ring (bicyclic) bond motifs is 1. The van der Waals surface area contributed by atoms with Crippen LogP contribution in [0.2, 0.25) is 0 Å². The lowest BCUT2D eigenvalue weighted by molar-refractivity contribution is -0.192. The molecule has 3 atom stereocenters. The molecule has 218 valence electrons. The Kier molecular flexibility index (Phi) is 8.77. The van der Waals surface area contributed by atoms with Gasteiger partial charge in [-0.2, -0.15) is 0 Å². The maximum absolute atomic E-state index is 12.8. The van der Waals surface area contributed by atoms with Gasteiger partial charge in [-0.3, -0.25) is 9.69 Å². The number of methoxy groups -OCH3 is 3. The van der Waals surface area contributed by atoms with Crippen LogP contribution in [0.25, 0.3) is 11.0 Å². The molecule has 9 heteroatoms. The molecule has 1 aromatic heterocycles. The Morgan fingerprint density at radius 2 is 1.83 bits per heavy atom. The summed E-state index contributed by atoms with van der Waals surface area (Å²) in [5, 5.41) is 0. The molecule has 0 spiro atoms. The summed E-state index contributed by atoms with van der Waals surface area (Å²) in [7, 11) is 4.95. The molecule has 2 aliphatic rings. The average molecular weight is 560 g/mol. The smallest absolute Gasteiger partial charge is 0.248 e. The quantitative estimate of drug-likeness (QED) is 0.381. The number of aromatic amines is 1. The van der Waals surface area contributed by atoms with Crippen molar-refractivity contribution in [3.63, 3.8) is 0 Å². The highest BCUT2D eigenvalue weighted by atomic mass is 16.6. The van der Waals surface area contributed by atoms with Gasteiger partial charge < -0.3 is 29.8 Å². The summed E-state index contributed by atoms with van der Waals surface area (Å²) in [4.78, 5) is 25.7. The normalized spacial score (nSPS) is 22.9. The first-order valence-electron chi connectivity index (χ1n) is 14.3. The first-order chi connectivity index (χ1) is 20.0. The molecule has 3 unspecified atom stereocenters. The summed E-state index contributed by atoms with van der Waals surface area (Å²) < 4.78 is 18.7. The minimum absolute atomic E-state index is 0.179. The fourth-order valence-electron chi connectivity index (χ4n) is 6.48. The van der Waals surface area contributed by atoms with Crippen molar-refractivity contribution in [1.29, 1.82) is 0 Å². The van der Waals surface area contributed by atoms with Crippen LogP contribution in [0, 0.1) is 0 Å². The number of imidazole rings is 1. The van der Waals surface area contributed by atoms with Gasteiger partial charge in [-0.15, -0.1) is 0 Å². The number of anilines is 1. The molecule has 0 saturated carbocycles. The standard InChI is InChI=1S/C32H41N5O4/c1-5-22(23-12-7-6-8-13-23)20-24-25(30(33)38)21-28(39-2)32(41-4,29(24)40-3)37-17-11-16-36(18-19-37)31-34-26-14-9-10-15-27(26)35-31/h6-10,12-15,21-22,29H,5,11,16-20H2,1-4H3,(H2,33,38)(H,34,35). The van der Waals surface area contributed by atoms with Crippen LogP contribution < -0.4 is 10.6 Å². The lowest BCUT2D eigenvalue weighted by Crippen LogP contribution is -2.63. The number of carbonyl (C=O) groups excluding carboxylic acids is 1. The maximum Gasteiger partial charge on any atom is 0.248 e. The number of hydrogen-bond donors (Lipinski definition) is 2. The molecule has 2 heterocycles. The third kappa shape index (κ3) is 5.37. The van der Waals surface area contributed by atoms with E-state index in [0.29, 0.717) is 24.3 Å². The van der Waals surface area contributed by atoms with Crippen molar-refractivity contribution in [3.05, 3.63) is 83.1 Å². The van der Waals surface area contributed by atoms with Gasteiger partial charge >= 0.3 is 0 Å². The highest BCUT2D eigenvalue weighted by Crippen LogP contribution is 2.44. The number of rotatable bonds is 10. The summed E-state index contributed by atoms with van der Waals surface area (Å²) in [6.45, 7) is 5.12. The van der Waals surface area contributed by atoms with E-state index in [2.05, 4.69) is 33.8 Å². The molecule has 5 rings (SSSR count). The number of amides is 1. The summed E-state index contributed by atoms with van der Waals surface area (Å²) in [6.07, 6.45) is 3.53. The van der Waals surface area contributed by atoms with E-state index in [4.69, 9.17) is 24.9 Å². The largest absolute Gasteiger partial charge is 0.496 e. The average Bonchev–Trinajstić information content (AvgIpc) is 3.28. The van der Waals surface area contributed by atoms with E-state index < -0.39 is 17.7 Å². The van der Waals surface area contributed by atoms with E-state index in [-0.39, 0.29) is 5.92 Å². The molecular formula is C32H41N5O4. The van der Waals surface area contributed by atoms with E-state index in [0.717, 1.165) is 55.0 Å². The fourth-order valence-corrected chi connectivity index (χ4v) is 6.48. The Hall–Kier alpha value is -3.66. The number of nitrogens with two attached hydrogens (primary N) is 1. The number of carbonyl (C=O) groups is 1. The maximum atomic E-state index is 12.8. The molecule has 1 amide bonds. The van der Waals surface area contributed by atoms with Crippen LogP contribution in [0.5, 0.6) is 0 Å². The second-order valence-electron chi connectivity index (χ2n) is 10.7. The van der Waals surface area contributed by atoms with Gasteiger partial charge in [0.1, 0.15) is 11.9 Å². The van der Waals surface area contributed by atoms with Crippen molar-refractivity contribution in [1.82, 2.24) is 14.9 Å². The summed E-state index contributed by atoms with van der Waals surface area (Å²) in [6, 6.07) is 18.4. The van der Waals surface area contributed by atoms with Gasteiger partial charge in [0, 0.05) is 46.0 Å². The Bertz CT molecular complexity index is 1380. The van der Waals surface area contributed by atoms with Gasteiger partial charge in [-0.25, -0.2) is 4.98 Å². The number of H-pyrrole nitrogens is 1. The predicted octanol–water partition coefficient (Wildman–Crippen LogP) is 4.34. The first-order valence-corrected chi connectivity index (χ1v) is 14.3. The SMILES string of the molecule is CCC(CC1=C(C(N)=O)C=C(OC)C(OC)(N2CCCN(c3nc4ccccc4[nH]3)CC2)C1OC)c1ccccc1. The lowest BCUT2D eigenvalue weighted by atomic mass is 9.78. The van der Waals surface area contributed by atoms with E-state index in [1.165, 1.54) is 5.56 Å². The molecule has 3 N–H and O–H groups in total. The van der Waals surface area contributed by atoms with Crippen molar-refractivity contribution < 1.29 is 19.0 Å². The number of nitrogens with one attached hydrogen (secondary N) is 1. The number of primary amides is 1. The van der Waals surface area contributed by atoms with Crippen LogP contribution in [0.15, 0.2) is 77.6 Å². The second kappa shape index (κ2) is 12.5. The number of para-hydroxylation sites is 2. The van der Waals surface area contributed by atoms with Crippen LogP contribution in [0.4, 0.5) is 5.95 Å². The van der Waals surface area contributed by atoms with Crippen LogP contribution in [-0.4, -0.2) is 80.1 Å². The Morgan fingerprint density at radius 1 is 1.07 bits per heavy atom. The van der Waals surface area contributed by atoms with Gasteiger partial charge in [-0.05, 0) is 54.5 Å². The number of ether oxygens (including phenoxy) is 3. The van der Waals surface area contributed by atoms with Crippen molar-refractivity contribution in [3.8, 4) is 0 Å². The molecule has 1 aliphatic carbocycles. The summed E-state index contributed by atoms with van der Waals surface area (Å²) in [5.74, 6) is 1.04. The molecule has 0 bridgehead atoms. The monoisotopic (exact) mass is 559 g/mol. The van der Waals surface area contributed by atoms with Gasteiger partial charge in [0.2, 0.25) is 17.6 Å². The lowest BCUT2D eigenvalue weighted by Gasteiger charge is -2.49. The number of benzene rings is 2. The molecule has 2 aromatic carbocycles. The second-order valence-corrected chi connectivity index (χ2v) is 10.7. The zero-order valence-corrected chi connectivity index (χ0v) is 24.4. The zero-order chi connectivity index (χ0) is 29.0. The molecule has 0 radical (unpaired) electrons. The van der Waals surface area contributed by atoms with Crippen LogP contribution in [0.1, 0.15) is 37.7 Å². The van der Waals surface area contributed by atoms with E-state index >= 15 is 0 Å². The van der Waals surface area contributed by atoms with Crippen molar-refractivity contribution in [2.24, 2.45) is 5.73 Å². The third-order valence-corrected chi connectivity index (χ3v) is 8.55. The summed E-state index contributed by atoms with van der Waals surface area (Å²) in [5.41, 5.74) is 9.33. The van der Waals surface area contributed by atoms with Gasteiger partial charge in [0.25, 0.3) is 0 Å². The molecule has 1 fully saturated rings. The van der Waals surface area contributed by atoms with Crippen molar-refractivity contribution >= 4 is 22.9 Å². The van der Waals surface area contributed by atoms with E-state index in [1.54, 1.807) is 27.4 Å².